The Kier molecular flexibility index (Phi) is 22.7. The monoisotopic (exact) mass is 1160 g/mol. The molecule has 3 heterocycles. The van der Waals surface area contributed by atoms with Gasteiger partial charge in [-0.1, -0.05) is 171 Å². The number of unbranched alkanes of at least 4 members (excludes halogenated alkanes) is 3. The molecule has 0 saturated carbocycles. The van der Waals surface area contributed by atoms with Crippen LogP contribution < -0.4 is 35.5 Å². The molecular formula is C71H95N7O7. The summed E-state index contributed by atoms with van der Waals surface area (Å²) < 4.78 is 21.9. The first-order valence-electron chi connectivity index (χ1n) is 30.2. The van der Waals surface area contributed by atoms with Gasteiger partial charge in [-0.25, -0.2) is 0 Å². The summed E-state index contributed by atoms with van der Waals surface area (Å²) in [5.74, 6) is 0.463. The fraction of sp³-hybridized carbons (Fsp3) is 0.479. The van der Waals surface area contributed by atoms with Crippen molar-refractivity contribution in [2.75, 3.05) is 46.0 Å². The fourth-order valence-electron chi connectivity index (χ4n) is 10.1. The van der Waals surface area contributed by atoms with Crippen LogP contribution in [-0.4, -0.2) is 84.6 Å². The SMILES string of the molecule is CC(=O)NCCCCCCc1cc(C(c2cc(C(C)(C)C)cc(C(C)(C)C)c2OCCNC(=O)c2ccccn2)c2cc(C(C)(C)C)cc(C(C)(C)C)c2OCCNC(=O)c2ccccn2)c(OCCNC(=O)c2ccccn2)c(C(C)(C)C)c1. The molecule has 85 heavy (non-hydrogen) atoms. The van der Waals surface area contributed by atoms with E-state index in [2.05, 4.69) is 176 Å². The van der Waals surface area contributed by atoms with Crippen LogP contribution in [0.3, 0.4) is 0 Å². The molecule has 0 radical (unpaired) electrons. The van der Waals surface area contributed by atoms with Gasteiger partial charge in [0.15, 0.2) is 0 Å². The van der Waals surface area contributed by atoms with Gasteiger partial charge in [-0.3, -0.25) is 34.1 Å². The minimum absolute atomic E-state index is 0.0260. The number of amides is 4. The second-order valence-corrected chi connectivity index (χ2v) is 27.2. The number of carbonyl (C=O) groups excluding carboxylic acids is 4. The van der Waals surface area contributed by atoms with E-state index < -0.39 is 22.2 Å². The maximum absolute atomic E-state index is 13.5. The second kappa shape index (κ2) is 29.0. The molecule has 14 nitrogen and oxygen atoms in total. The van der Waals surface area contributed by atoms with E-state index in [-0.39, 0.29) is 73.9 Å². The van der Waals surface area contributed by atoms with Crippen molar-refractivity contribution in [3.05, 3.63) is 177 Å². The zero-order valence-electron chi connectivity index (χ0n) is 53.7. The Morgan fingerprint density at radius 3 is 1.09 bits per heavy atom. The highest BCUT2D eigenvalue weighted by molar-refractivity contribution is 5.93. The van der Waals surface area contributed by atoms with Crippen LogP contribution >= 0.6 is 0 Å². The van der Waals surface area contributed by atoms with Crippen LogP contribution in [-0.2, 0) is 38.3 Å². The highest BCUT2D eigenvalue weighted by Gasteiger charge is 2.38. The summed E-state index contributed by atoms with van der Waals surface area (Å²) in [5, 5.41) is 12.1. The molecule has 6 aromatic rings. The Labute approximate surface area is 506 Å². The predicted octanol–water partition coefficient (Wildman–Crippen LogP) is 13.2. The number of hydrogen-bond acceptors (Lipinski definition) is 10. The Hall–Kier alpha value is -7.61. The van der Waals surface area contributed by atoms with Crippen LogP contribution in [0.5, 0.6) is 17.2 Å². The van der Waals surface area contributed by atoms with E-state index >= 15 is 0 Å². The molecule has 4 N–H and O–H groups in total. The molecule has 4 amide bonds. The minimum Gasteiger partial charge on any atom is -0.491 e. The Balaban J connectivity index is 1.70. The molecule has 0 aliphatic carbocycles. The average Bonchev–Trinajstić information content (AvgIpc) is 0.874. The largest absolute Gasteiger partial charge is 0.491 e. The van der Waals surface area contributed by atoms with Gasteiger partial charge in [0.05, 0.1) is 19.6 Å². The summed E-state index contributed by atoms with van der Waals surface area (Å²) >= 11 is 0. The van der Waals surface area contributed by atoms with Crippen LogP contribution in [0.1, 0.15) is 224 Å². The van der Waals surface area contributed by atoms with E-state index in [1.54, 1.807) is 80.1 Å². The fourth-order valence-corrected chi connectivity index (χ4v) is 10.1. The first kappa shape index (κ1) is 66.5. The third kappa shape index (κ3) is 18.9. The normalized spacial score (nSPS) is 12.2. The van der Waals surface area contributed by atoms with E-state index in [0.29, 0.717) is 40.9 Å². The number of rotatable bonds is 25. The molecule has 0 spiro atoms. The van der Waals surface area contributed by atoms with E-state index in [1.165, 1.54) is 0 Å². The van der Waals surface area contributed by atoms with Gasteiger partial charge in [0.25, 0.3) is 17.7 Å². The lowest BCUT2D eigenvalue weighted by Crippen LogP contribution is -2.30. The number of pyridine rings is 3. The number of benzene rings is 3. The topological polar surface area (TPSA) is 183 Å². The molecule has 0 atom stereocenters. The van der Waals surface area contributed by atoms with Gasteiger partial charge < -0.3 is 35.5 Å². The maximum atomic E-state index is 13.5. The molecule has 6 rings (SSSR count). The number of ether oxygens (including phenoxy) is 3. The third-order valence-electron chi connectivity index (χ3n) is 14.9. The molecule has 0 fully saturated rings. The Morgan fingerprint density at radius 2 is 0.765 bits per heavy atom. The third-order valence-corrected chi connectivity index (χ3v) is 14.9. The maximum Gasteiger partial charge on any atom is 0.269 e. The van der Waals surface area contributed by atoms with Gasteiger partial charge in [-0.2, -0.15) is 0 Å². The molecule has 3 aromatic carbocycles. The number of nitrogens with zero attached hydrogens (tertiary/aromatic N) is 3. The molecule has 0 unspecified atom stereocenters. The van der Waals surface area contributed by atoms with E-state index in [4.69, 9.17) is 14.2 Å². The molecule has 0 bridgehead atoms. The summed E-state index contributed by atoms with van der Waals surface area (Å²) in [4.78, 5) is 65.1. The van der Waals surface area contributed by atoms with Crippen molar-refractivity contribution >= 4 is 23.6 Å². The molecule has 0 aliphatic heterocycles. The van der Waals surface area contributed by atoms with Gasteiger partial charge in [-0.05, 0) is 99.4 Å². The first-order valence-corrected chi connectivity index (χ1v) is 30.2. The summed E-state index contributed by atoms with van der Waals surface area (Å²) in [6, 6.07) is 29.6. The summed E-state index contributed by atoms with van der Waals surface area (Å²) in [6.45, 7) is 36.4. The van der Waals surface area contributed by atoms with Crippen molar-refractivity contribution in [3.8, 4) is 17.2 Å². The smallest absolute Gasteiger partial charge is 0.269 e. The zero-order chi connectivity index (χ0) is 62.3. The van der Waals surface area contributed by atoms with Crippen LogP contribution in [0, 0.1) is 0 Å². The van der Waals surface area contributed by atoms with Crippen LogP contribution in [0.15, 0.2) is 110 Å². The molecule has 456 valence electrons. The molecular weight excluding hydrogens is 1060 g/mol. The minimum atomic E-state index is -0.653. The lowest BCUT2D eigenvalue weighted by Gasteiger charge is -2.36. The standard InChI is InChI=1S/C71H95N7O7/c1-47(79)72-31-23-18-17-19-27-48-41-51(61(54(42-48)69(8,9)10)83-38-35-76-64(80)57-28-20-24-32-73-57)60(52-43-49(67(2,3)4)45-55(70(11,12)13)62(52)84-39-36-77-65(81)58-29-21-25-33-74-58)53-44-50(68(5,6)7)46-56(71(14,15)16)63(53)85-40-37-78-66(82)59-30-22-26-34-75-59/h20-22,24-26,28-30,32-34,41-46,60H,17-19,23,27,31,35-40H2,1-16H3,(H,72,79)(H,76,80)(H,77,81)(H,78,82). The molecule has 0 saturated heterocycles. The highest BCUT2D eigenvalue weighted by atomic mass is 16.5. The second-order valence-electron chi connectivity index (χ2n) is 27.2. The van der Waals surface area contributed by atoms with Crippen molar-refractivity contribution in [2.24, 2.45) is 0 Å². The molecule has 14 heteroatoms. The van der Waals surface area contributed by atoms with Gasteiger partial charge in [0, 0.05) is 71.4 Å². The van der Waals surface area contributed by atoms with Crippen molar-refractivity contribution < 1.29 is 33.4 Å². The summed E-state index contributed by atoms with van der Waals surface area (Å²) in [7, 11) is 0. The first-order chi connectivity index (χ1) is 39.9. The lowest BCUT2D eigenvalue weighted by atomic mass is 9.71. The summed E-state index contributed by atoms with van der Waals surface area (Å²) in [5.41, 5.74) is 7.87. The van der Waals surface area contributed by atoms with Gasteiger partial charge in [-0.15, -0.1) is 0 Å². The van der Waals surface area contributed by atoms with E-state index in [0.717, 1.165) is 82.2 Å². The van der Waals surface area contributed by atoms with E-state index in [9.17, 15) is 19.2 Å². The highest BCUT2D eigenvalue weighted by Crippen LogP contribution is 2.53. The lowest BCUT2D eigenvalue weighted by molar-refractivity contribution is -0.118. The van der Waals surface area contributed by atoms with Gasteiger partial charge in [0.1, 0.15) is 54.2 Å². The van der Waals surface area contributed by atoms with Crippen molar-refractivity contribution in [3.63, 3.8) is 0 Å². The summed E-state index contributed by atoms with van der Waals surface area (Å²) in [6.07, 6.45) is 9.30. The predicted molar refractivity (Wildman–Crippen MR) is 341 cm³/mol. The van der Waals surface area contributed by atoms with Crippen molar-refractivity contribution in [1.82, 2.24) is 36.2 Å². The number of aromatic nitrogens is 3. The van der Waals surface area contributed by atoms with Crippen LogP contribution in [0.25, 0.3) is 0 Å². The van der Waals surface area contributed by atoms with E-state index in [1.807, 2.05) is 0 Å². The van der Waals surface area contributed by atoms with Crippen molar-refractivity contribution in [2.45, 2.75) is 176 Å². The number of aryl methyl sites for hydroxylation is 1. The molecule has 3 aromatic heterocycles. The number of nitrogens with one attached hydrogen (secondary N) is 4. The van der Waals surface area contributed by atoms with Gasteiger partial charge >= 0.3 is 0 Å². The molecule has 0 aliphatic rings. The van der Waals surface area contributed by atoms with Crippen molar-refractivity contribution in [1.29, 1.82) is 0 Å². The van der Waals surface area contributed by atoms with Gasteiger partial charge in [0.2, 0.25) is 5.91 Å². The zero-order valence-corrected chi connectivity index (χ0v) is 53.7. The van der Waals surface area contributed by atoms with Crippen LogP contribution in [0.4, 0.5) is 0 Å². The average molecular weight is 1160 g/mol. The number of carbonyl (C=O) groups is 4. The van der Waals surface area contributed by atoms with Crippen LogP contribution in [0.2, 0.25) is 0 Å². The number of hydrogen-bond donors (Lipinski definition) is 4. The quantitative estimate of drug-likeness (QED) is 0.0318. The Morgan fingerprint density at radius 1 is 0.412 bits per heavy atom. The Bertz CT molecular complexity index is 3060.